The van der Waals surface area contributed by atoms with Crippen LogP contribution in [0.2, 0.25) is 0 Å². The van der Waals surface area contributed by atoms with E-state index < -0.39 is 11.8 Å². The lowest BCUT2D eigenvalue weighted by atomic mass is 10.1. The molecule has 8 heteroatoms. The lowest BCUT2D eigenvalue weighted by Crippen LogP contribution is -2.30. The largest absolute Gasteiger partial charge is 0.494 e. The van der Waals surface area contributed by atoms with Gasteiger partial charge in [0.25, 0.3) is 0 Å². The number of amides is 2. The van der Waals surface area contributed by atoms with Gasteiger partial charge in [-0.25, -0.2) is 0 Å². The predicted molar refractivity (Wildman–Crippen MR) is 197 cm³/mol. The second kappa shape index (κ2) is 21.7. The highest BCUT2D eigenvalue weighted by Crippen LogP contribution is 2.37. The van der Waals surface area contributed by atoms with Gasteiger partial charge in [0.05, 0.1) is 32.1 Å². The molecule has 48 heavy (non-hydrogen) atoms. The van der Waals surface area contributed by atoms with Gasteiger partial charge in [0, 0.05) is 5.39 Å². The van der Waals surface area contributed by atoms with Gasteiger partial charge in [-0.3, -0.25) is 9.59 Å². The van der Waals surface area contributed by atoms with E-state index in [2.05, 4.69) is 36.9 Å². The van der Waals surface area contributed by atoms with Crippen molar-refractivity contribution in [3.8, 4) is 23.0 Å². The number of rotatable bonds is 24. The molecule has 0 spiro atoms. The third kappa shape index (κ3) is 12.3. The first-order valence-corrected chi connectivity index (χ1v) is 16.8. The summed E-state index contributed by atoms with van der Waals surface area (Å²) in [5, 5.41) is 7.13. The molecule has 0 fully saturated rings. The van der Waals surface area contributed by atoms with Crippen LogP contribution in [0.5, 0.6) is 23.0 Å². The first-order valence-electron chi connectivity index (χ1n) is 16.8. The molecule has 0 aliphatic heterocycles. The molecule has 0 saturated heterocycles. The van der Waals surface area contributed by atoms with E-state index >= 15 is 0 Å². The number of unbranched alkanes of at least 4 members (excludes halogenated alkanes) is 6. The normalized spacial score (nSPS) is 10.5. The molecule has 2 amide bonds. The summed E-state index contributed by atoms with van der Waals surface area (Å²) in [6.45, 7) is 16.9. The van der Waals surface area contributed by atoms with Crippen molar-refractivity contribution in [2.24, 2.45) is 0 Å². The molecule has 0 heterocycles. The fourth-order valence-electron chi connectivity index (χ4n) is 4.81. The number of hydrogen-bond acceptors (Lipinski definition) is 6. The quantitative estimate of drug-likeness (QED) is 0.0568. The van der Waals surface area contributed by atoms with E-state index in [9.17, 15) is 9.59 Å². The first kappa shape index (κ1) is 37.5. The molecule has 3 aromatic rings. The van der Waals surface area contributed by atoms with Crippen molar-refractivity contribution in [1.82, 2.24) is 0 Å². The summed E-state index contributed by atoms with van der Waals surface area (Å²) in [5.41, 5.74) is 0.687. The molecule has 256 valence electrons. The lowest BCUT2D eigenvalue weighted by molar-refractivity contribution is -0.133. The second-order valence-electron chi connectivity index (χ2n) is 11.2. The van der Waals surface area contributed by atoms with Gasteiger partial charge in [0.1, 0.15) is 28.7 Å². The molecule has 2 N–H and O–H groups in total. The van der Waals surface area contributed by atoms with Crippen molar-refractivity contribution in [1.29, 1.82) is 0 Å². The standard InChI is InChI=1S/C40H50N2O6/c1-5-9-13-17-28-46-34-20-19-21-35(47-29-18-14-10-6-2)38(34)42-40(44)39(43)41-37-33-30-32(45-26-15-11-7-3)24-22-31(33)23-25-36(37)48-27-16-12-8-4/h5-8,19-25,30H,1-4,9-18,26-29H2,(H,41,43)(H,42,44). The Bertz CT molecular complexity index is 1470. The summed E-state index contributed by atoms with van der Waals surface area (Å²) < 4.78 is 24.1. The summed E-state index contributed by atoms with van der Waals surface area (Å²) in [5.74, 6) is 0.197. The van der Waals surface area contributed by atoms with E-state index in [4.69, 9.17) is 18.9 Å². The zero-order valence-electron chi connectivity index (χ0n) is 28.1. The maximum Gasteiger partial charge on any atom is 0.314 e. The number of hydrogen-bond donors (Lipinski definition) is 2. The Labute approximate surface area is 285 Å². The molecule has 0 saturated carbocycles. The van der Waals surface area contributed by atoms with Gasteiger partial charge in [-0.1, -0.05) is 42.5 Å². The van der Waals surface area contributed by atoms with Gasteiger partial charge >= 0.3 is 11.8 Å². The van der Waals surface area contributed by atoms with Crippen LogP contribution in [0.15, 0.2) is 99.2 Å². The third-order valence-electron chi connectivity index (χ3n) is 7.38. The number of para-hydroxylation sites is 1. The molecule has 0 aliphatic carbocycles. The third-order valence-corrected chi connectivity index (χ3v) is 7.38. The number of carbonyl (C=O) groups is 2. The van der Waals surface area contributed by atoms with Gasteiger partial charge in [0.2, 0.25) is 0 Å². The number of carbonyl (C=O) groups excluding carboxylic acids is 2. The highest BCUT2D eigenvalue weighted by molar-refractivity contribution is 6.44. The Morgan fingerprint density at radius 3 is 1.56 bits per heavy atom. The van der Waals surface area contributed by atoms with Crippen molar-refractivity contribution in [2.45, 2.75) is 64.2 Å². The molecule has 3 aromatic carbocycles. The average Bonchev–Trinajstić information content (AvgIpc) is 3.10. The number of fused-ring (bicyclic) bond motifs is 1. The molecule has 3 rings (SSSR count). The molecule has 0 unspecified atom stereocenters. The number of nitrogens with one attached hydrogen (secondary N) is 2. The van der Waals surface area contributed by atoms with E-state index in [0.29, 0.717) is 66.2 Å². The molecule has 0 bridgehead atoms. The van der Waals surface area contributed by atoms with Crippen LogP contribution in [0.25, 0.3) is 10.8 Å². The van der Waals surface area contributed by atoms with Gasteiger partial charge < -0.3 is 29.6 Å². The minimum Gasteiger partial charge on any atom is -0.494 e. The maximum atomic E-state index is 13.6. The zero-order valence-corrected chi connectivity index (χ0v) is 28.1. The van der Waals surface area contributed by atoms with Crippen molar-refractivity contribution >= 4 is 34.0 Å². The van der Waals surface area contributed by atoms with Crippen LogP contribution in [0.3, 0.4) is 0 Å². The van der Waals surface area contributed by atoms with Gasteiger partial charge in [-0.2, -0.15) is 0 Å². The fourth-order valence-corrected chi connectivity index (χ4v) is 4.81. The van der Waals surface area contributed by atoms with Crippen LogP contribution in [-0.4, -0.2) is 38.2 Å². The highest BCUT2D eigenvalue weighted by Gasteiger charge is 2.22. The molecular formula is C40H50N2O6. The van der Waals surface area contributed by atoms with Crippen LogP contribution in [-0.2, 0) is 9.59 Å². The van der Waals surface area contributed by atoms with E-state index in [1.54, 1.807) is 24.3 Å². The van der Waals surface area contributed by atoms with Crippen molar-refractivity contribution in [3.05, 3.63) is 99.2 Å². The Balaban J connectivity index is 1.87. The smallest absolute Gasteiger partial charge is 0.314 e. The Morgan fingerprint density at radius 1 is 0.542 bits per heavy atom. The lowest BCUT2D eigenvalue weighted by Gasteiger charge is -2.18. The number of ether oxygens (including phenoxy) is 4. The highest BCUT2D eigenvalue weighted by atomic mass is 16.5. The summed E-state index contributed by atoms with van der Waals surface area (Å²) in [6.07, 6.45) is 15.9. The van der Waals surface area contributed by atoms with E-state index in [0.717, 1.165) is 69.6 Å². The number of allylic oxidation sites excluding steroid dienone is 4. The minimum atomic E-state index is -0.874. The van der Waals surface area contributed by atoms with E-state index in [-0.39, 0.29) is 0 Å². The van der Waals surface area contributed by atoms with Crippen LogP contribution < -0.4 is 29.6 Å². The van der Waals surface area contributed by atoms with Gasteiger partial charge in [-0.05, 0) is 99.9 Å². The second-order valence-corrected chi connectivity index (χ2v) is 11.2. The van der Waals surface area contributed by atoms with Crippen LogP contribution in [0.4, 0.5) is 11.4 Å². The number of anilines is 2. The molecule has 0 aliphatic rings. The van der Waals surface area contributed by atoms with Gasteiger partial charge in [0.15, 0.2) is 0 Å². The summed E-state index contributed by atoms with van der Waals surface area (Å²) in [7, 11) is 0. The topological polar surface area (TPSA) is 95.1 Å². The zero-order chi connectivity index (χ0) is 34.4. The Kier molecular flexibility index (Phi) is 17.0. The molecular weight excluding hydrogens is 604 g/mol. The number of benzene rings is 3. The molecule has 0 aromatic heterocycles. The molecule has 8 nitrogen and oxygen atoms in total. The van der Waals surface area contributed by atoms with Crippen LogP contribution >= 0.6 is 0 Å². The summed E-state index contributed by atoms with van der Waals surface area (Å²) >= 11 is 0. The molecule has 0 radical (unpaired) electrons. The van der Waals surface area contributed by atoms with Crippen LogP contribution in [0.1, 0.15) is 64.2 Å². The average molecular weight is 655 g/mol. The van der Waals surface area contributed by atoms with Crippen LogP contribution in [0, 0.1) is 0 Å². The maximum absolute atomic E-state index is 13.6. The van der Waals surface area contributed by atoms with E-state index in [1.165, 1.54) is 0 Å². The van der Waals surface area contributed by atoms with E-state index in [1.807, 2.05) is 48.6 Å². The summed E-state index contributed by atoms with van der Waals surface area (Å²) in [6, 6.07) is 14.7. The summed E-state index contributed by atoms with van der Waals surface area (Å²) in [4.78, 5) is 27.1. The SMILES string of the molecule is C=CCCCCOc1cccc(OCCCCC=C)c1NC(=O)C(=O)Nc1c(OCCCC=C)ccc2ccc(OCCCC=C)cc12. The van der Waals surface area contributed by atoms with Crippen molar-refractivity contribution < 1.29 is 28.5 Å². The predicted octanol–water partition coefficient (Wildman–Crippen LogP) is 9.58. The van der Waals surface area contributed by atoms with Gasteiger partial charge in [-0.15, -0.1) is 26.3 Å². The Hall–Kier alpha value is -4.98. The monoisotopic (exact) mass is 654 g/mol. The van der Waals surface area contributed by atoms with Crippen molar-refractivity contribution in [2.75, 3.05) is 37.1 Å². The minimum absolute atomic E-state index is 0.305. The Morgan fingerprint density at radius 2 is 1.00 bits per heavy atom. The fraction of sp³-hybridized carbons (Fsp3) is 0.350. The first-order chi connectivity index (χ1) is 23.5. The molecule has 0 atom stereocenters. The van der Waals surface area contributed by atoms with Crippen molar-refractivity contribution in [3.63, 3.8) is 0 Å².